The monoisotopic (exact) mass is 407 g/mol. The Kier molecular flexibility index (Phi) is 5.92. The molecule has 1 amide bonds. The summed E-state index contributed by atoms with van der Waals surface area (Å²) in [6, 6.07) is -3.87. The molecular weight excluding hydrogens is 405 g/mol. The van der Waals surface area contributed by atoms with E-state index in [4.69, 9.17) is 0 Å². The van der Waals surface area contributed by atoms with E-state index >= 15 is 0 Å². The predicted molar refractivity (Wildman–Crippen MR) is 46.4 cm³/mol. The van der Waals surface area contributed by atoms with Crippen LogP contribution in [0, 0.1) is 0 Å². The zero-order valence-corrected chi connectivity index (χ0v) is 10.7. The number of amides is 1. The van der Waals surface area contributed by atoms with Crippen LogP contribution in [0.15, 0.2) is 12.1 Å². The fourth-order valence-corrected chi connectivity index (χ4v) is 0.883. The van der Waals surface area contributed by atoms with E-state index in [1.165, 1.54) is 0 Å². The summed E-state index contributed by atoms with van der Waals surface area (Å²) in [7, 11) is 0. The van der Waals surface area contributed by atoms with Crippen LogP contribution in [0.5, 0.6) is 0 Å². The fourth-order valence-electron chi connectivity index (χ4n) is 0.883. The van der Waals surface area contributed by atoms with Crippen LogP contribution in [0.25, 0.3) is 0 Å². The van der Waals surface area contributed by atoms with Gasteiger partial charge in [-0.1, -0.05) is 0 Å². The summed E-state index contributed by atoms with van der Waals surface area (Å²) in [5, 5.41) is 0. The Morgan fingerprint density at radius 3 is 1.44 bits per heavy atom. The second-order valence-corrected chi connectivity index (χ2v) is 3.80. The zero-order valence-electron chi connectivity index (χ0n) is 10.7. The van der Waals surface area contributed by atoms with E-state index in [9.17, 15) is 61.9 Å². The van der Waals surface area contributed by atoms with Gasteiger partial charge in [-0.25, -0.2) is 0 Å². The van der Waals surface area contributed by atoms with Crippen LogP contribution >= 0.6 is 0 Å². The average Bonchev–Trinajstić information content (AvgIpc) is 2.35. The third-order valence-electron chi connectivity index (χ3n) is 2.05. The Morgan fingerprint density at radius 1 is 0.760 bits per heavy atom. The molecule has 1 unspecified atom stereocenters. The van der Waals surface area contributed by atoms with E-state index in [2.05, 4.69) is 5.73 Å². The summed E-state index contributed by atoms with van der Waals surface area (Å²) in [5.74, 6) is -17.2. The predicted octanol–water partition coefficient (Wildman–Crippen LogP) is 3.59. The lowest BCUT2D eigenvalue weighted by atomic mass is 10.2. The Morgan fingerprint density at radius 2 is 1.16 bits per heavy atom. The number of carbonyl (C=O) groups excluding carboxylic acids is 1. The number of hydrogen-bond acceptors (Lipinski definition) is 3. The van der Waals surface area contributed by atoms with E-state index < -0.39 is 48.2 Å². The number of carbonyl (C=O) groups is 1. The van der Waals surface area contributed by atoms with Crippen molar-refractivity contribution in [2.24, 2.45) is 5.73 Å². The third kappa shape index (κ3) is 4.18. The van der Waals surface area contributed by atoms with Crippen LogP contribution in [0.3, 0.4) is 0 Å². The summed E-state index contributed by atoms with van der Waals surface area (Å²) in [5.41, 5.74) is 3.68. The number of halogens is 13. The third-order valence-corrected chi connectivity index (χ3v) is 2.05. The molecule has 0 aromatic heterocycles. The highest BCUT2D eigenvalue weighted by Crippen LogP contribution is 2.52. The molecule has 1 atom stereocenters. The second kappa shape index (κ2) is 6.41. The smallest absolute Gasteiger partial charge is 0.398 e. The van der Waals surface area contributed by atoms with Gasteiger partial charge in [0.05, 0.1) is 0 Å². The molecule has 0 fully saturated rings. The summed E-state index contributed by atoms with van der Waals surface area (Å²) >= 11 is 0. The van der Waals surface area contributed by atoms with Gasteiger partial charge in [0, 0.05) is 0 Å². The van der Waals surface area contributed by atoms with Gasteiger partial charge >= 0.3 is 42.3 Å². The number of hydrogen-bond donors (Lipinski definition) is 1. The van der Waals surface area contributed by atoms with E-state index in [0.717, 1.165) is 0 Å². The minimum absolute atomic E-state index is 1.68. The maximum Gasteiger partial charge on any atom is 0.471 e. The molecule has 148 valence electrons. The Labute approximate surface area is 126 Å². The van der Waals surface area contributed by atoms with Crippen molar-refractivity contribution in [2.75, 3.05) is 0 Å². The number of alkyl halides is 10. The molecule has 17 heteroatoms. The Hall–Kier alpha value is -1.94. The van der Waals surface area contributed by atoms with Crippen molar-refractivity contribution < 1.29 is 71.3 Å². The minimum Gasteiger partial charge on any atom is -0.398 e. The summed E-state index contributed by atoms with van der Waals surface area (Å²) in [6.07, 6.45) is -25.4. The lowest BCUT2D eigenvalue weighted by Gasteiger charge is -2.36. The highest BCUT2D eigenvalue weighted by atomic mass is 19.4. The van der Waals surface area contributed by atoms with Gasteiger partial charge < -0.3 is 10.5 Å². The highest BCUT2D eigenvalue weighted by molar-refractivity contribution is 5.82. The minimum atomic E-state index is -7.39. The fraction of sp³-hybridized carbons (Fsp3) is 0.625. The van der Waals surface area contributed by atoms with Gasteiger partial charge in [0.2, 0.25) is 0 Å². The molecule has 0 rings (SSSR count). The first-order valence-electron chi connectivity index (χ1n) is 5.02. The van der Waals surface area contributed by atoms with E-state index in [0.29, 0.717) is 0 Å². The molecule has 4 nitrogen and oxygen atoms in total. The van der Waals surface area contributed by atoms with Crippen LogP contribution in [0.1, 0.15) is 0 Å². The van der Waals surface area contributed by atoms with Crippen molar-refractivity contribution in [3.8, 4) is 0 Å². The number of ether oxygens (including phenoxy) is 2. The number of nitrogens with two attached hydrogens (primary N) is 1. The van der Waals surface area contributed by atoms with Gasteiger partial charge in [-0.3, -0.25) is 9.53 Å². The molecule has 0 aliphatic carbocycles. The molecule has 0 spiro atoms. The lowest BCUT2D eigenvalue weighted by molar-refractivity contribution is -0.512. The lowest BCUT2D eigenvalue weighted by Crippen LogP contribution is -2.64. The molecular formula is C8H2F13NO3. The molecule has 0 heterocycles. The molecule has 0 saturated carbocycles. The van der Waals surface area contributed by atoms with Crippen molar-refractivity contribution in [2.45, 2.75) is 30.2 Å². The van der Waals surface area contributed by atoms with Gasteiger partial charge in [0.25, 0.3) is 5.91 Å². The topological polar surface area (TPSA) is 61.6 Å². The van der Waals surface area contributed by atoms with Gasteiger partial charge in [-0.05, 0) is 0 Å². The number of rotatable bonds is 7. The average molecular weight is 407 g/mol. The molecule has 25 heavy (non-hydrogen) atoms. The van der Waals surface area contributed by atoms with E-state index in [-0.39, 0.29) is 0 Å². The van der Waals surface area contributed by atoms with E-state index in [1.54, 1.807) is 4.74 Å². The molecule has 2 N–H and O–H groups in total. The molecule has 0 aromatic carbocycles. The molecule has 0 bridgehead atoms. The Bertz CT molecular complexity index is 552. The first-order valence-corrected chi connectivity index (χ1v) is 5.02. The van der Waals surface area contributed by atoms with Gasteiger partial charge in [-0.15, -0.1) is 0 Å². The van der Waals surface area contributed by atoms with Crippen LogP contribution in [0.4, 0.5) is 57.1 Å². The molecule has 0 aromatic rings. The van der Waals surface area contributed by atoms with Crippen molar-refractivity contribution in [1.29, 1.82) is 0 Å². The summed E-state index contributed by atoms with van der Waals surface area (Å²) in [4.78, 5) is 10.0. The van der Waals surface area contributed by atoms with Gasteiger partial charge in [0.1, 0.15) is 0 Å². The second-order valence-electron chi connectivity index (χ2n) is 3.80. The summed E-state index contributed by atoms with van der Waals surface area (Å²) in [6.45, 7) is 0. The zero-order chi connectivity index (χ0) is 20.6. The van der Waals surface area contributed by atoms with Crippen LogP contribution < -0.4 is 5.73 Å². The first-order chi connectivity index (χ1) is 10.7. The van der Waals surface area contributed by atoms with Crippen LogP contribution in [-0.4, -0.2) is 36.1 Å². The largest absolute Gasteiger partial charge is 0.471 e. The SMILES string of the molecule is NC(=O)C(F)(F)C(F)(F)OC(F)(C(F)(F)F)C(F)(F)OC(F)=C(F)F. The molecule has 0 aliphatic rings. The Balaban J connectivity index is 6.20. The van der Waals surface area contributed by atoms with Crippen molar-refractivity contribution in [1.82, 2.24) is 0 Å². The summed E-state index contributed by atoms with van der Waals surface area (Å²) < 4.78 is 166. The van der Waals surface area contributed by atoms with Crippen molar-refractivity contribution in [3.05, 3.63) is 12.1 Å². The maximum atomic E-state index is 13.4. The molecule has 0 aliphatic heterocycles. The van der Waals surface area contributed by atoms with E-state index in [1.807, 2.05) is 4.74 Å². The van der Waals surface area contributed by atoms with Crippen molar-refractivity contribution >= 4 is 5.91 Å². The van der Waals surface area contributed by atoms with Crippen molar-refractivity contribution in [3.63, 3.8) is 0 Å². The number of primary amides is 1. The first kappa shape index (κ1) is 23.1. The molecule has 0 radical (unpaired) electrons. The highest BCUT2D eigenvalue weighted by Gasteiger charge is 2.81. The van der Waals surface area contributed by atoms with Gasteiger partial charge in [-0.2, -0.15) is 57.1 Å². The standard InChI is InChI=1S/C8H2F13NO3/c9-1(10)2(11)24-8(20,21)5(14,6(15,16)17)25-7(18,19)4(12,13)3(22)23/h(H2,22,23). The van der Waals surface area contributed by atoms with Gasteiger partial charge in [0.15, 0.2) is 0 Å². The maximum absolute atomic E-state index is 13.4. The normalized spacial score (nSPS) is 16.2. The van der Waals surface area contributed by atoms with Crippen LogP contribution in [0.2, 0.25) is 0 Å². The quantitative estimate of drug-likeness (QED) is 0.519. The van der Waals surface area contributed by atoms with Crippen LogP contribution in [-0.2, 0) is 14.3 Å². The molecule has 0 saturated heterocycles.